The molecule has 0 spiro atoms. The third-order valence-electron chi connectivity index (χ3n) is 3.74. The molecule has 148 valence electrons. The maximum atomic E-state index is 13.5. The molecule has 28 heavy (non-hydrogen) atoms. The van der Waals surface area contributed by atoms with E-state index >= 15 is 0 Å². The molecule has 0 saturated carbocycles. The summed E-state index contributed by atoms with van der Waals surface area (Å²) in [5.74, 6) is -2.08. The number of nitrogens with one attached hydrogen (secondary N) is 3. The Labute approximate surface area is 162 Å². The van der Waals surface area contributed by atoms with E-state index in [9.17, 15) is 18.8 Å². The Morgan fingerprint density at radius 1 is 0.964 bits per heavy atom. The van der Waals surface area contributed by atoms with Gasteiger partial charge in [-0.25, -0.2) is 4.39 Å². The first-order valence-electron chi connectivity index (χ1n) is 8.72. The van der Waals surface area contributed by atoms with E-state index in [1.807, 2.05) is 0 Å². The van der Waals surface area contributed by atoms with Crippen molar-refractivity contribution in [3.8, 4) is 5.75 Å². The van der Waals surface area contributed by atoms with Crippen molar-refractivity contribution in [2.75, 3.05) is 0 Å². The van der Waals surface area contributed by atoms with Gasteiger partial charge in [0.15, 0.2) is 17.7 Å². The minimum Gasteiger partial charge on any atom is -0.478 e. The van der Waals surface area contributed by atoms with Gasteiger partial charge in [-0.1, -0.05) is 30.3 Å². The number of hydrogen-bond acceptors (Lipinski definition) is 4. The van der Waals surface area contributed by atoms with Crippen LogP contribution in [0.1, 0.15) is 30.6 Å². The Balaban J connectivity index is 1.74. The quantitative estimate of drug-likeness (QED) is 0.633. The third kappa shape index (κ3) is 6.39. The van der Waals surface area contributed by atoms with Crippen molar-refractivity contribution in [2.24, 2.45) is 0 Å². The molecule has 0 aliphatic rings. The van der Waals surface area contributed by atoms with Crippen LogP contribution in [0.5, 0.6) is 5.75 Å². The van der Waals surface area contributed by atoms with Gasteiger partial charge in [-0.3, -0.25) is 25.2 Å². The van der Waals surface area contributed by atoms with Crippen LogP contribution in [0.25, 0.3) is 0 Å². The Morgan fingerprint density at radius 2 is 1.61 bits per heavy atom. The van der Waals surface area contributed by atoms with Gasteiger partial charge in [-0.2, -0.15) is 0 Å². The monoisotopic (exact) mass is 387 g/mol. The topological polar surface area (TPSA) is 96.5 Å². The molecule has 2 aromatic rings. The van der Waals surface area contributed by atoms with Crippen molar-refractivity contribution < 1.29 is 23.5 Å². The number of para-hydroxylation sites is 1. The van der Waals surface area contributed by atoms with E-state index in [2.05, 4.69) is 16.2 Å². The zero-order valence-electron chi connectivity index (χ0n) is 15.6. The van der Waals surface area contributed by atoms with E-state index in [1.54, 1.807) is 43.3 Å². The van der Waals surface area contributed by atoms with E-state index in [0.29, 0.717) is 5.56 Å². The van der Waals surface area contributed by atoms with Crippen LogP contribution in [0.2, 0.25) is 0 Å². The van der Waals surface area contributed by atoms with Crippen molar-refractivity contribution in [1.82, 2.24) is 16.2 Å². The van der Waals surface area contributed by atoms with Crippen molar-refractivity contribution >= 4 is 17.7 Å². The number of carbonyl (C=O) groups excluding carboxylic acids is 3. The molecule has 0 aliphatic heterocycles. The number of ether oxygens (including phenoxy) is 1. The van der Waals surface area contributed by atoms with Crippen molar-refractivity contribution in [3.05, 3.63) is 66.0 Å². The highest BCUT2D eigenvalue weighted by Gasteiger charge is 2.18. The van der Waals surface area contributed by atoms with Crippen LogP contribution < -0.4 is 20.9 Å². The molecule has 0 aromatic heterocycles. The minimum atomic E-state index is -1.02. The Bertz CT molecular complexity index is 829. The summed E-state index contributed by atoms with van der Waals surface area (Å²) in [6, 6.07) is 13.9. The molecule has 3 N–H and O–H groups in total. The molecule has 3 amide bonds. The number of carbonyl (C=O) groups is 3. The highest BCUT2D eigenvalue weighted by molar-refractivity contribution is 5.94. The zero-order valence-corrected chi connectivity index (χ0v) is 15.6. The second-order valence-corrected chi connectivity index (χ2v) is 6.17. The molecule has 2 unspecified atom stereocenters. The number of hydrogen-bond donors (Lipinski definition) is 3. The van der Waals surface area contributed by atoms with Gasteiger partial charge in [0.1, 0.15) is 0 Å². The molecule has 0 radical (unpaired) electrons. The fraction of sp³-hybridized carbons (Fsp3) is 0.250. The molecular formula is C20H22FN3O4. The van der Waals surface area contributed by atoms with E-state index in [-0.39, 0.29) is 18.1 Å². The molecule has 2 rings (SSSR count). The lowest BCUT2D eigenvalue weighted by molar-refractivity contribution is -0.132. The molecule has 0 aliphatic carbocycles. The van der Waals surface area contributed by atoms with Gasteiger partial charge in [0.2, 0.25) is 5.91 Å². The third-order valence-corrected chi connectivity index (χ3v) is 3.74. The summed E-state index contributed by atoms with van der Waals surface area (Å²) in [6.07, 6.45) is -1.06. The molecule has 0 bridgehead atoms. The summed E-state index contributed by atoms with van der Waals surface area (Å²) in [4.78, 5) is 35.9. The van der Waals surface area contributed by atoms with E-state index in [0.717, 1.165) is 0 Å². The standard InChI is InChI=1S/C20H22FN3O4/c1-13(22-20(27)15-8-4-3-5-9-15)12-18(25)23-24-19(26)14(2)28-17-11-7-6-10-16(17)21/h3-11,13-14H,12H2,1-2H3,(H,22,27)(H,23,25)(H,24,26). The van der Waals surface area contributed by atoms with E-state index in [1.165, 1.54) is 25.1 Å². The second kappa shape index (κ2) is 10.1. The number of hydrazine groups is 1. The van der Waals surface area contributed by atoms with Crippen LogP contribution in [0.3, 0.4) is 0 Å². The summed E-state index contributed by atoms with van der Waals surface area (Å²) < 4.78 is 18.8. The van der Waals surface area contributed by atoms with Crippen LogP contribution in [0.4, 0.5) is 4.39 Å². The fourth-order valence-corrected chi connectivity index (χ4v) is 2.29. The molecule has 0 heterocycles. The summed E-state index contributed by atoms with van der Waals surface area (Å²) in [5, 5.41) is 2.70. The second-order valence-electron chi connectivity index (χ2n) is 6.17. The molecule has 2 atom stereocenters. The molecule has 8 heteroatoms. The SMILES string of the molecule is CC(CC(=O)NNC(=O)C(C)Oc1ccccc1F)NC(=O)c1ccccc1. The van der Waals surface area contributed by atoms with Crippen LogP contribution in [0, 0.1) is 5.82 Å². The summed E-state index contributed by atoms with van der Waals surface area (Å²) in [5.41, 5.74) is 4.95. The Kier molecular flexibility index (Phi) is 7.50. The Hall–Kier alpha value is -3.42. The zero-order chi connectivity index (χ0) is 20.5. The molecule has 2 aromatic carbocycles. The van der Waals surface area contributed by atoms with Crippen LogP contribution in [-0.4, -0.2) is 29.9 Å². The molecule has 0 fully saturated rings. The van der Waals surface area contributed by atoms with Gasteiger partial charge in [0.05, 0.1) is 0 Å². The Morgan fingerprint density at radius 3 is 2.29 bits per heavy atom. The number of halogens is 1. The van der Waals surface area contributed by atoms with Gasteiger partial charge in [-0.05, 0) is 38.1 Å². The fourth-order valence-electron chi connectivity index (χ4n) is 2.29. The summed E-state index contributed by atoms with van der Waals surface area (Å²) >= 11 is 0. The number of amides is 3. The van der Waals surface area contributed by atoms with Crippen molar-refractivity contribution in [1.29, 1.82) is 0 Å². The van der Waals surface area contributed by atoms with E-state index < -0.39 is 29.8 Å². The average molecular weight is 387 g/mol. The lowest BCUT2D eigenvalue weighted by atomic mass is 10.2. The number of rotatable bonds is 7. The first kappa shape index (κ1) is 20.9. The molecule has 0 saturated heterocycles. The molecule has 7 nitrogen and oxygen atoms in total. The van der Waals surface area contributed by atoms with Crippen molar-refractivity contribution in [2.45, 2.75) is 32.4 Å². The van der Waals surface area contributed by atoms with Crippen LogP contribution in [0.15, 0.2) is 54.6 Å². The van der Waals surface area contributed by atoms with E-state index in [4.69, 9.17) is 4.74 Å². The maximum absolute atomic E-state index is 13.5. The highest BCUT2D eigenvalue weighted by atomic mass is 19.1. The first-order valence-corrected chi connectivity index (χ1v) is 8.72. The normalized spacial score (nSPS) is 12.4. The lowest BCUT2D eigenvalue weighted by Crippen LogP contribution is -2.48. The van der Waals surface area contributed by atoms with Crippen LogP contribution in [-0.2, 0) is 9.59 Å². The smallest absolute Gasteiger partial charge is 0.279 e. The minimum absolute atomic E-state index is 0.0403. The summed E-state index contributed by atoms with van der Waals surface area (Å²) in [6.45, 7) is 3.10. The largest absolute Gasteiger partial charge is 0.478 e. The van der Waals surface area contributed by atoms with Gasteiger partial charge >= 0.3 is 0 Å². The first-order chi connectivity index (χ1) is 13.4. The van der Waals surface area contributed by atoms with Gasteiger partial charge < -0.3 is 10.1 Å². The predicted octanol–water partition coefficient (Wildman–Crippen LogP) is 1.95. The van der Waals surface area contributed by atoms with Gasteiger partial charge in [-0.15, -0.1) is 0 Å². The van der Waals surface area contributed by atoms with Crippen LogP contribution >= 0.6 is 0 Å². The maximum Gasteiger partial charge on any atom is 0.279 e. The molecular weight excluding hydrogens is 365 g/mol. The average Bonchev–Trinajstić information content (AvgIpc) is 2.68. The van der Waals surface area contributed by atoms with Crippen molar-refractivity contribution in [3.63, 3.8) is 0 Å². The summed E-state index contributed by atoms with van der Waals surface area (Å²) in [7, 11) is 0. The number of benzene rings is 2. The lowest BCUT2D eigenvalue weighted by Gasteiger charge is -2.17. The van der Waals surface area contributed by atoms with Gasteiger partial charge in [0, 0.05) is 18.0 Å². The predicted molar refractivity (Wildman–Crippen MR) is 101 cm³/mol. The highest BCUT2D eigenvalue weighted by Crippen LogP contribution is 2.16. The van der Waals surface area contributed by atoms with Gasteiger partial charge in [0.25, 0.3) is 11.8 Å².